The van der Waals surface area contributed by atoms with E-state index < -0.39 is 0 Å². The van der Waals surface area contributed by atoms with Gasteiger partial charge in [0, 0.05) is 32.5 Å². The minimum atomic E-state index is -0.0197. The highest BCUT2D eigenvalue weighted by atomic mass is 35.5. The standard InChI is InChI=1S/C16H22N4O2S.2ClH/c1-19-9-6-18-16(19)23-11-13-2-3-14(22-13)15(21)20-7-4-12(10-17)5-8-20;;/h2-3,6,9,12H,4-5,7-8,10-11,17H2,1H3;2*1H. The normalized spacial score (nSPS) is 14.7. The maximum Gasteiger partial charge on any atom is 0.289 e. The average Bonchev–Trinajstić information content (AvgIpc) is 3.21. The first-order valence-corrected chi connectivity index (χ1v) is 8.84. The molecule has 0 unspecified atom stereocenters. The highest BCUT2D eigenvalue weighted by molar-refractivity contribution is 7.98. The summed E-state index contributed by atoms with van der Waals surface area (Å²) in [6.07, 6.45) is 5.63. The molecule has 1 saturated heterocycles. The molecular formula is C16H24Cl2N4O2S. The number of likely N-dealkylation sites (tertiary alicyclic amines) is 1. The van der Waals surface area contributed by atoms with Gasteiger partial charge in [-0.15, -0.1) is 24.8 Å². The summed E-state index contributed by atoms with van der Waals surface area (Å²) in [7, 11) is 1.96. The summed E-state index contributed by atoms with van der Waals surface area (Å²) in [5.74, 6) is 2.40. The molecule has 25 heavy (non-hydrogen) atoms. The van der Waals surface area contributed by atoms with Crippen molar-refractivity contribution in [2.24, 2.45) is 18.7 Å². The van der Waals surface area contributed by atoms with Crippen LogP contribution in [0.2, 0.25) is 0 Å². The van der Waals surface area contributed by atoms with Crippen LogP contribution in [0.3, 0.4) is 0 Å². The Hall–Kier alpha value is -1.15. The second-order valence-electron chi connectivity index (χ2n) is 5.85. The third-order valence-electron chi connectivity index (χ3n) is 4.23. The third kappa shape index (κ3) is 5.41. The zero-order valence-corrected chi connectivity index (χ0v) is 16.5. The molecule has 2 aromatic heterocycles. The molecule has 1 fully saturated rings. The molecule has 3 heterocycles. The van der Waals surface area contributed by atoms with Gasteiger partial charge in [-0.3, -0.25) is 4.79 Å². The first-order valence-electron chi connectivity index (χ1n) is 7.85. The van der Waals surface area contributed by atoms with Crippen LogP contribution in [0.1, 0.15) is 29.2 Å². The van der Waals surface area contributed by atoms with Crippen LogP contribution in [0.15, 0.2) is 34.1 Å². The Balaban J connectivity index is 0.00000156. The summed E-state index contributed by atoms with van der Waals surface area (Å²) in [6.45, 7) is 2.23. The first-order chi connectivity index (χ1) is 11.2. The van der Waals surface area contributed by atoms with Crippen LogP contribution in [0.25, 0.3) is 0 Å². The number of aromatic nitrogens is 2. The van der Waals surface area contributed by atoms with E-state index in [4.69, 9.17) is 10.2 Å². The van der Waals surface area contributed by atoms with Gasteiger partial charge in [-0.1, -0.05) is 11.8 Å². The Morgan fingerprint density at radius 3 is 2.68 bits per heavy atom. The number of thioether (sulfide) groups is 1. The largest absolute Gasteiger partial charge is 0.455 e. The Morgan fingerprint density at radius 2 is 2.08 bits per heavy atom. The van der Waals surface area contributed by atoms with Gasteiger partial charge < -0.3 is 19.6 Å². The number of carbonyl (C=O) groups excluding carboxylic acids is 1. The molecule has 1 amide bonds. The second-order valence-corrected chi connectivity index (χ2v) is 6.79. The predicted octanol–water partition coefficient (Wildman–Crippen LogP) is 2.96. The number of amides is 1. The lowest BCUT2D eigenvalue weighted by Crippen LogP contribution is -2.39. The number of halogens is 2. The average molecular weight is 407 g/mol. The molecular weight excluding hydrogens is 383 g/mol. The number of hydrogen-bond donors (Lipinski definition) is 1. The molecule has 0 radical (unpaired) electrons. The van der Waals surface area contributed by atoms with Gasteiger partial charge in [0.25, 0.3) is 5.91 Å². The maximum atomic E-state index is 12.5. The van der Waals surface area contributed by atoms with Crippen molar-refractivity contribution in [3.8, 4) is 0 Å². The zero-order valence-electron chi connectivity index (χ0n) is 14.1. The van der Waals surface area contributed by atoms with Gasteiger partial charge in [-0.05, 0) is 37.4 Å². The van der Waals surface area contributed by atoms with Gasteiger partial charge in [-0.2, -0.15) is 0 Å². The van der Waals surface area contributed by atoms with Crippen LogP contribution < -0.4 is 5.73 Å². The minimum Gasteiger partial charge on any atom is -0.455 e. The fourth-order valence-electron chi connectivity index (χ4n) is 2.72. The molecule has 0 aromatic carbocycles. The molecule has 0 bridgehead atoms. The van der Waals surface area contributed by atoms with Crippen molar-refractivity contribution in [3.63, 3.8) is 0 Å². The Kier molecular flexibility index (Phi) is 8.85. The lowest BCUT2D eigenvalue weighted by Gasteiger charge is -2.30. The number of nitrogens with zero attached hydrogens (tertiary/aromatic N) is 3. The lowest BCUT2D eigenvalue weighted by molar-refractivity contribution is 0.0660. The lowest BCUT2D eigenvalue weighted by atomic mass is 9.97. The van der Waals surface area contributed by atoms with Crippen LogP contribution in [-0.4, -0.2) is 40.0 Å². The molecule has 1 aliphatic rings. The van der Waals surface area contributed by atoms with Crippen molar-refractivity contribution < 1.29 is 9.21 Å². The molecule has 0 saturated carbocycles. The van der Waals surface area contributed by atoms with Gasteiger partial charge in [-0.25, -0.2) is 4.98 Å². The topological polar surface area (TPSA) is 77.3 Å². The predicted molar refractivity (Wildman–Crippen MR) is 104 cm³/mol. The molecule has 9 heteroatoms. The number of imidazole rings is 1. The SMILES string of the molecule is Cl.Cl.Cn1ccnc1SCc1ccc(C(=O)N2CCC(CN)CC2)o1. The summed E-state index contributed by atoms with van der Waals surface area (Å²) in [5.41, 5.74) is 5.69. The molecule has 140 valence electrons. The Labute approximate surface area is 164 Å². The van der Waals surface area contributed by atoms with Crippen molar-refractivity contribution in [1.29, 1.82) is 0 Å². The minimum absolute atomic E-state index is 0. The number of piperidine rings is 1. The van der Waals surface area contributed by atoms with Crippen molar-refractivity contribution in [2.75, 3.05) is 19.6 Å². The highest BCUT2D eigenvalue weighted by Gasteiger charge is 2.24. The van der Waals surface area contributed by atoms with E-state index in [1.165, 1.54) is 0 Å². The Morgan fingerprint density at radius 1 is 1.36 bits per heavy atom. The smallest absolute Gasteiger partial charge is 0.289 e. The molecule has 2 aromatic rings. The fraction of sp³-hybridized carbons (Fsp3) is 0.500. The van der Waals surface area contributed by atoms with E-state index >= 15 is 0 Å². The summed E-state index contributed by atoms with van der Waals surface area (Å²) in [4.78, 5) is 18.6. The van der Waals surface area contributed by atoms with Gasteiger partial charge >= 0.3 is 0 Å². The van der Waals surface area contributed by atoms with Gasteiger partial charge in [0.2, 0.25) is 0 Å². The number of aryl methyl sites for hydroxylation is 1. The summed E-state index contributed by atoms with van der Waals surface area (Å²) >= 11 is 1.59. The summed E-state index contributed by atoms with van der Waals surface area (Å²) in [6, 6.07) is 3.64. The fourth-order valence-corrected chi connectivity index (χ4v) is 3.55. The van der Waals surface area contributed by atoms with E-state index in [0.29, 0.717) is 24.0 Å². The van der Waals surface area contributed by atoms with Crippen LogP contribution >= 0.6 is 36.6 Å². The van der Waals surface area contributed by atoms with E-state index in [9.17, 15) is 4.79 Å². The molecule has 6 nitrogen and oxygen atoms in total. The van der Waals surface area contributed by atoms with Crippen LogP contribution in [0, 0.1) is 5.92 Å². The molecule has 2 N–H and O–H groups in total. The molecule has 1 aliphatic heterocycles. The molecule has 3 rings (SSSR count). The van der Waals surface area contributed by atoms with Crippen molar-refractivity contribution >= 4 is 42.5 Å². The first kappa shape index (κ1) is 21.9. The van der Waals surface area contributed by atoms with Crippen molar-refractivity contribution in [3.05, 3.63) is 36.0 Å². The van der Waals surface area contributed by atoms with Gasteiger partial charge in [0.15, 0.2) is 10.9 Å². The number of hydrogen-bond acceptors (Lipinski definition) is 5. The van der Waals surface area contributed by atoms with Crippen molar-refractivity contribution in [1.82, 2.24) is 14.5 Å². The highest BCUT2D eigenvalue weighted by Crippen LogP contribution is 2.23. The van der Waals surface area contributed by atoms with Crippen LogP contribution in [0.5, 0.6) is 0 Å². The van der Waals surface area contributed by atoms with Gasteiger partial charge in [0.1, 0.15) is 5.76 Å². The second kappa shape index (κ2) is 10.1. The van der Waals surface area contributed by atoms with Crippen LogP contribution in [0.4, 0.5) is 0 Å². The van der Waals surface area contributed by atoms with E-state index in [0.717, 1.165) is 36.8 Å². The zero-order chi connectivity index (χ0) is 16.2. The van der Waals surface area contributed by atoms with Gasteiger partial charge in [0.05, 0.1) is 5.75 Å². The number of nitrogens with two attached hydrogens (primary N) is 1. The number of carbonyl (C=O) groups is 1. The quantitative estimate of drug-likeness (QED) is 0.772. The maximum absolute atomic E-state index is 12.5. The molecule has 0 atom stereocenters. The molecule has 0 aliphatic carbocycles. The monoisotopic (exact) mass is 406 g/mol. The van der Waals surface area contributed by atoms with E-state index in [-0.39, 0.29) is 30.7 Å². The number of rotatable bonds is 5. The van der Waals surface area contributed by atoms with E-state index in [1.54, 1.807) is 24.0 Å². The molecule has 0 spiro atoms. The summed E-state index contributed by atoms with van der Waals surface area (Å²) in [5, 5.41) is 0.929. The summed E-state index contributed by atoms with van der Waals surface area (Å²) < 4.78 is 7.68. The van der Waals surface area contributed by atoms with Crippen molar-refractivity contribution in [2.45, 2.75) is 23.8 Å². The van der Waals surface area contributed by atoms with Crippen LogP contribution in [-0.2, 0) is 12.8 Å². The van der Waals surface area contributed by atoms with E-state index in [2.05, 4.69) is 4.98 Å². The Bertz CT molecular complexity index is 669. The number of furan rings is 1. The third-order valence-corrected chi connectivity index (χ3v) is 5.31. The van der Waals surface area contributed by atoms with E-state index in [1.807, 2.05) is 28.8 Å².